The van der Waals surface area contributed by atoms with Crippen LogP contribution in [0.25, 0.3) is 0 Å². The van der Waals surface area contributed by atoms with Crippen LogP contribution >= 0.6 is 0 Å². The Bertz CT molecular complexity index is 620. The van der Waals surface area contributed by atoms with Crippen LogP contribution in [-0.4, -0.2) is 11.6 Å². The molecule has 0 saturated carbocycles. The first-order valence-corrected chi connectivity index (χ1v) is 7.52. The minimum Gasteiger partial charge on any atom is -0.295 e. The molecule has 0 saturated heterocycles. The van der Waals surface area contributed by atoms with Crippen molar-refractivity contribution in [2.75, 3.05) is 0 Å². The Hall–Kier alpha value is -2.22. The second-order valence-electron chi connectivity index (χ2n) is 5.50. The maximum absolute atomic E-state index is 11.5. The summed E-state index contributed by atoms with van der Waals surface area (Å²) >= 11 is 0. The van der Waals surface area contributed by atoms with Gasteiger partial charge >= 0.3 is 0 Å². The molecule has 1 aliphatic rings. The third-order valence-corrected chi connectivity index (χ3v) is 3.63. The molecule has 0 spiro atoms. The molecule has 116 valence electrons. The van der Waals surface area contributed by atoms with E-state index < -0.39 is 0 Å². The van der Waals surface area contributed by atoms with Gasteiger partial charge in [-0.3, -0.25) is 9.59 Å². The van der Waals surface area contributed by atoms with Gasteiger partial charge in [0, 0.05) is 6.42 Å². The van der Waals surface area contributed by atoms with Crippen LogP contribution in [0.1, 0.15) is 40.5 Å². The van der Waals surface area contributed by atoms with Gasteiger partial charge in [-0.05, 0) is 50.8 Å². The van der Waals surface area contributed by atoms with Crippen LogP contribution in [0.2, 0.25) is 0 Å². The van der Waals surface area contributed by atoms with E-state index >= 15 is 0 Å². The Morgan fingerprint density at radius 1 is 0.955 bits per heavy atom. The largest absolute Gasteiger partial charge is 0.295 e. The van der Waals surface area contributed by atoms with E-state index in [9.17, 15) is 9.59 Å². The molecular weight excluding hydrogens is 272 g/mol. The fourth-order valence-corrected chi connectivity index (χ4v) is 2.02. The van der Waals surface area contributed by atoms with Crippen LogP contribution in [-0.2, 0) is 9.59 Å². The summed E-state index contributed by atoms with van der Waals surface area (Å²) in [6.07, 6.45) is 17.0. The number of carbonyl (C=O) groups is 2. The van der Waals surface area contributed by atoms with Gasteiger partial charge in [0.15, 0.2) is 11.6 Å². The minimum absolute atomic E-state index is 0.0873. The first-order chi connectivity index (χ1) is 10.4. The standard InChI is InChI=1S/C20H24O2/c1-15(14-19-12-13-20(22)17(19)3)10-8-6-5-7-9-11-16(2)18(4)21/h5-11,14H,12-13H2,1-4H3/b6-5+,9-7+,10-8+,15-14+,16-11+. The maximum Gasteiger partial charge on any atom is 0.159 e. The summed E-state index contributed by atoms with van der Waals surface area (Å²) in [6, 6.07) is 0. The molecule has 1 rings (SSSR count). The molecule has 0 fully saturated rings. The lowest BCUT2D eigenvalue weighted by Crippen LogP contribution is -1.89. The molecule has 0 heterocycles. The molecule has 1 aliphatic carbocycles. The van der Waals surface area contributed by atoms with Crippen molar-refractivity contribution in [1.82, 2.24) is 0 Å². The lowest BCUT2D eigenvalue weighted by Gasteiger charge is -1.96. The first kappa shape index (κ1) is 17.8. The number of Topliss-reactive ketones (excluding diaryl/α,β-unsaturated/α-hetero) is 2. The smallest absolute Gasteiger partial charge is 0.159 e. The van der Waals surface area contributed by atoms with E-state index in [4.69, 9.17) is 0 Å². The van der Waals surface area contributed by atoms with Gasteiger partial charge in [-0.25, -0.2) is 0 Å². The van der Waals surface area contributed by atoms with Gasteiger partial charge in [-0.2, -0.15) is 0 Å². The van der Waals surface area contributed by atoms with Crippen LogP contribution in [0.5, 0.6) is 0 Å². The van der Waals surface area contributed by atoms with Gasteiger partial charge in [-0.15, -0.1) is 0 Å². The van der Waals surface area contributed by atoms with Crippen molar-refractivity contribution in [3.63, 3.8) is 0 Å². The molecule has 2 heteroatoms. The minimum atomic E-state index is 0.0873. The summed E-state index contributed by atoms with van der Waals surface area (Å²) in [4.78, 5) is 22.5. The van der Waals surface area contributed by atoms with Crippen molar-refractivity contribution in [3.05, 3.63) is 70.9 Å². The number of hydrogen-bond donors (Lipinski definition) is 0. The van der Waals surface area contributed by atoms with E-state index in [1.165, 1.54) is 0 Å². The van der Waals surface area contributed by atoms with Gasteiger partial charge in [0.25, 0.3) is 0 Å². The Morgan fingerprint density at radius 2 is 1.59 bits per heavy atom. The van der Waals surface area contributed by atoms with E-state index in [2.05, 4.69) is 6.08 Å². The van der Waals surface area contributed by atoms with Crippen LogP contribution in [0.15, 0.2) is 70.9 Å². The fourth-order valence-electron chi connectivity index (χ4n) is 2.02. The molecule has 22 heavy (non-hydrogen) atoms. The SMILES string of the molecule is CC(=O)/C(C)=C/C=C/C=C/C=C/C(C)=C/C1=C(C)C(=O)CC1. The molecule has 0 aromatic rings. The van der Waals surface area contributed by atoms with Crippen molar-refractivity contribution < 1.29 is 9.59 Å². The van der Waals surface area contributed by atoms with Crippen LogP contribution < -0.4 is 0 Å². The highest BCUT2D eigenvalue weighted by atomic mass is 16.1. The molecule has 0 aromatic carbocycles. The van der Waals surface area contributed by atoms with E-state index in [1.54, 1.807) is 19.9 Å². The van der Waals surface area contributed by atoms with Crippen molar-refractivity contribution >= 4 is 11.6 Å². The van der Waals surface area contributed by atoms with Crippen molar-refractivity contribution in [2.45, 2.75) is 40.5 Å². The highest BCUT2D eigenvalue weighted by molar-refractivity contribution is 5.98. The predicted octanol–water partition coefficient (Wildman–Crippen LogP) is 4.82. The average Bonchev–Trinajstić information content (AvgIpc) is 2.77. The molecule has 2 nitrogen and oxygen atoms in total. The van der Waals surface area contributed by atoms with Crippen molar-refractivity contribution in [2.24, 2.45) is 0 Å². The maximum atomic E-state index is 11.5. The normalized spacial score (nSPS) is 17.7. The molecule has 0 amide bonds. The van der Waals surface area contributed by atoms with Crippen molar-refractivity contribution in [1.29, 1.82) is 0 Å². The molecule has 0 unspecified atom stereocenters. The Morgan fingerprint density at radius 3 is 2.18 bits per heavy atom. The Kier molecular flexibility index (Phi) is 7.24. The van der Waals surface area contributed by atoms with E-state index in [1.807, 2.05) is 50.3 Å². The van der Waals surface area contributed by atoms with Gasteiger partial charge in [0.2, 0.25) is 0 Å². The number of rotatable bonds is 6. The van der Waals surface area contributed by atoms with E-state index in [0.717, 1.165) is 28.7 Å². The summed E-state index contributed by atoms with van der Waals surface area (Å²) in [6.45, 7) is 7.29. The van der Waals surface area contributed by atoms with Crippen LogP contribution in [0.4, 0.5) is 0 Å². The zero-order valence-corrected chi connectivity index (χ0v) is 13.8. The first-order valence-electron chi connectivity index (χ1n) is 7.52. The van der Waals surface area contributed by atoms with Gasteiger partial charge in [0.05, 0.1) is 0 Å². The van der Waals surface area contributed by atoms with Crippen LogP contribution in [0, 0.1) is 0 Å². The van der Waals surface area contributed by atoms with Crippen molar-refractivity contribution in [3.8, 4) is 0 Å². The van der Waals surface area contributed by atoms with E-state index in [-0.39, 0.29) is 11.6 Å². The summed E-state index contributed by atoms with van der Waals surface area (Å²) in [5, 5.41) is 0. The molecular formula is C20H24O2. The summed E-state index contributed by atoms with van der Waals surface area (Å²) in [5.41, 5.74) is 3.93. The van der Waals surface area contributed by atoms with Gasteiger partial charge in [0.1, 0.15) is 0 Å². The summed E-state index contributed by atoms with van der Waals surface area (Å²) in [5.74, 6) is 0.353. The topological polar surface area (TPSA) is 34.1 Å². The molecule has 0 bridgehead atoms. The monoisotopic (exact) mass is 296 g/mol. The number of carbonyl (C=O) groups excluding carboxylic acids is 2. The second-order valence-corrected chi connectivity index (χ2v) is 5.50. The average molecular weight is 296 g/mol. The highest BCUT2D eigenvalue weighted by Gasteiger charge is 2.16. The summed E-state index contributed by atoms with van der Waals surface area (Å²) in [7, 11) is 0. The number of allylic oxidation sites excluding steroid dienone is 12. The van der Waals surface area contributed by atoms with Gasteiger partial charge < -0.3 is 0 Å². The Labute approximate surface area is 133 Å². The molecule has 0 aliphatic heterocycles. The predicted molar refractivity (Wildman–Crippen MR) is 92.6 cm³/mol. The molecule has 0 N–H and O–H groups in total. The number of hydrogen-bond acceptors (Lipinski definition) is 2. The second kappa shape index (κ2) is 8.93. The highest BCUT2D eigenvalue weighted by Crippen LogP contribution is 2.24. The zero-order valence-electron chi connectivity index (χ0n) is 13.8. The third kappa shape index (κ3) is 6.04. The third-order valence-electron chi connectivity index (χ3n) is 3.63. The summed E-state index contributed by atoms with van der Waals surface area (Å²) < 4.78 is 0. The lowest BCUT2D eigenvalue weighted by molar-refractivity contribution is -0.115. The molecule has 0 aromatic heterocycles. The zero-order chi connectivity index (χ0) is 16.5. The number of ketones is 2. The Balaban J connectivity index is 2.54. The lowest BCUT2D eigenvalue weighted by atomic mass is 10.1. The van der Waals surface area contributed by atoms with E-state index in [0.29, 0.717) is 6.42 Å². The molecule has 0 atom stereocenters. The fraction of sp³-hybridized carbons (Fsp3) is 0.300. The quantitative estimate of drug-likeness (QED) is 0.520. The van der Waals surface area contributed by atoms with Gasteiger partial charge in [-0.1, -0.05) is 54.2 Å². The molecule has 0 radical (unpaired) electrons. The van der Waals surface area contributed by atoms with Crippen LogP contribution in [0.3, 0.4) is 0 Å².